The number of halogens is 1. The van der Waals surface area contributed by atoms with E-state index in [1.165, 1.54) is 17.0 Å². The van der Waals surface area contributed by atoms with Gasteiger partial charge in [0.15, 0.2) is 0 Å². The van der Waals surface area contributed by atoms with Crippen molar-refractivity contribution in [1.29, 1.82) is 0 Å². The van der Waals surface area contributed by atoms with Crippen molar-refractivity contribution in [2.75, 3.05) is 17.4 Å². The fourth-order valence-corrected chi connectivity index (χ4v) is 6.42. The second-order valence-electron chi connectivity index (χ2n) is 10.9. The van der Waals surface area contributed by atoms with E-state index in [1.807, 2.05) is 82.3 Å². The summed E-state index contributed by atoms with van der Waals surface area (Å²) < 4.78 is 29.3. The number of benzene rings is 4. The summed E-state index contributed by atoms with van der Waals surface area (Å²) in [7, 11) is -4.20. The van der Waals surface area contributed by atoms with Gasteiger partial charge in [-0.15, -0.1) is 0 Å². The van der Waals surface area contributed by atoms with Gasteiger partial charge in [-0.2, -0.15) is 0 Å². The van der Waals surface area contributed by atoms with Crippen LogP contribution in [0.5, 0.6) is 0 Å². The van der Waals surface area contributed by atoms with Gasteiger partial charge in [-0.05, 0) is 68.7 Å². The first kappa shape index (κ1) is 32.8. The summed E-state index contributed by atoms with van der Waals surface area (Å²) in [5.74, 6) is -0.840. The van der Waals surface area contributed by atoms with Crippen LogP contribution in [0.3, 0.4) is 0 Å². The van der Waals surface area contributed by atoms with Gasteiger partial charge in [0.25, 0.3) is 10.0 Å². The van der Waals surface area contributed by atoms with E-state index in [4.69, 9.17) is 11.6 Å². The molecule has 0 aliphatic rings. The third-order valence-electron chi connectivity index (χ3n) is 7.43. The van der Waals surface area contributed by atoms with E-state index in [-0.39, 0.29) is 29.5 Å². The van der Waals surface area contributed by atoms with Crippen molar-refractivity contribution in [2.24, 2.45) is 0 Å². The van der Waals surface area contributed by atoms with Crippen molar-refractivity contribution in [2.45, 2.75) is 51.6 Å². The smallest absolute Gasteiger partial charge is 0.264 e. The Labute approximate surface area is 265 Å². The highest BCUT2D eigenvalue weighted by atomic mass is 35.5. The summed E-state index contributed by atoms with van der Waals surface area (Å²) in [6, 6.07) is 27.7. The molecule has 4 aromatic rings. The quantitative estimate of drug-likeness (QED) is 0.201. The topological polar surface area (TPSA) is 86.8 Å². The Hall–Kier alpha value is -4.14. The average molecular weight is 632 g/mol. The van der Waals surface area contributed by atoms with E-state index in [0.717, 1.165) is 32.1 Å². The molecule has 0 heterocycles. The Balaban J connectivity index is 1.81. The average Bonchev–Trinajstić information content (AvgIpc) is 3.00. The van der Waals surface area contributed by atoms with Crippen LogP contribution in [0.25, 0.3) is 0 Å². The molecule has 0 aromatic heterocycles. The van der Waals surface area contributed by atoms with Crippen LogP contribution < -0.4 is 9.62 Å². The number of hydrogen-bond donors (Lipinski definition) is 1. The van der Waals surface area contributed by atoms with E-state index in [0.29, 0.717) is 11.6 Å². The minimum absolute atomic E-state index is 0.0437. The molecule has 230 valence electrons. The maximum Gasteiger partial charge on any atom is 0.264 e. The lowest BCUT2D eigenvalue weighted by Crippen LogP contribution is -2.53. The molecule has 1 atom stereocenters. The zero-order chi connectivity index (χ0) is 31.9. The van der Waals surface area contributed by atoms with Crippen LogP contribution in [0.4, 0.5) is 5.69 Å². The lowest BCUT2D eigenvalue weighted by molar-refractivity contribution is -0.140. The summed E-state index contributed by atoms with van der Waals surface area (Å²) in [6.07, 6.45) is 0.255. The van der Waals surface area contributed by atoms with Gasteiger partial charge in [-0.1, -0.05) is 95.5 Å². The van der Waals surface area contributed by atoms with Gasteiger partial charge < -0.3 is 10.2 Å². The van der Waals surface area contributed by atoms with Crippen LogP contribution in [-0.4, -0.2) is 44.3 Å². The molecule has 4 rings (SSSR count). The highest BCUT2D eigenvalue weighted by Crippen LogP contribution is 2.29. The van der Waals surface area contributed by atoms with Crippen molar-refractivity contribution in [3.8, 4) is 0 Å². The third-order valence-corrected chi connectivity index (χ3v) is 9.62. The number of sulfonamides is 1. The minimum atomic E-state index is -4.20. The fraction of sp³-hybridized carbons (Fsp3) is 0.257. The van der Waals surface area contributed by atoms with Crippen LogP contribution in [0.2, 0.25) is 5.02 Å². The van der Waals surface area contributed by atoms with Gasteiger partial charge in [0.05, 0.1) is 10.6 Å². The Morgan fingerprint density at radius 1 is 0.818 bits per heavy atom. The molecule has 0 unspecified atom stereocenters. The van der Waals surface area contributed by atoms with Crippen LogP contribution in [0.1, 0.15) is 34.7 Å². The lowest BCUT2D eigenvalue weighted by Gasteiger charge is -2.34. The number of nitrogens with one attached hydrogen (secondary N) is 1. The number of hydrogen-bond acceptors (Lipinski definition) is 4. The van der Waals surface area contributed by atoms with Gasteiger partial charge in [0, 0.05) is 24.5 Å². The van der Waals surface area contributed by atoms with Gasteiger partial charge >= 0.3 is 0 Å². The van der Waals surface area contributed by atoms with Gasteiger partial charge in [0.2, 0.25) is 11.8 Å². The fourth-order valence-electron chi connectivity index (χ4n) is 4.84. The number of carbonyl (C=O) groups is 2. The van der Waals surface area contributed by atoms with Crippen molar-refractivity contribution in [3.05, 3.63) is 130 Å². The number of anilines is 1. The minimum Gasteiger partial charge on any atom is -0.355 e. The van der Waals surface area contributed by atoms with Crippen molar-refractivity contribution in [3.63, 3.8) is 0 Å². The number of amides is 2. The van der Waals surface area contributed by atoms with Gasteiger partial charge in [0.1, 0.15) is 12.6 Å². The molecule has 0 radical (unpaired) electrons. The largest absolute Gasteiger partial charge is 0.355 e. The lowest BCUT2D eigenvalue weighted by atomic mass is 10.0. The number of aryl methyl sites for hydroxylation is 3. The summed E-state index contributed by atoms with van der Waals surface area (Å²) >= 11 is 6.44. The van der Waals surface area contributed by atoms with E-state index in [2.05, 4.69) is 5.32 Å². The highest BCUT2D eigenvalue weighted by molar-refractivity contribution is 7.92. The number of rotatable bonds is 12. The first-order chi connectivity index (χ1) is 21.0. The highest BCUT2D eigenvalue weighted by Gasteiger charge is 2.34. The van der Waals surface area contributed by atoms with Crippen molar-refractivity contribution in [1.82, 2.24) is 10.2 Å². The summed E-state index contributed by atoms with van der Waals surface area (Å²) in [4.78, 5) is 29.5. The summed E-state index contributed by atoms with van der Waals surface area (Å²) in [5, 5.41) is 3.25. The Morgan fingerprint density at radius 2 is 1.43 bits per heavy atom. The third kappa shape index (κ3) is 8.07. The van der Waals surface area contributed by atoms with Gasteiger partial charge in [-0.25, -0.2) is 8.42 Å². The summed E-state index contributed by atoms with van der Waals surface area (Å²) in [5.41, 5.74) is 4.68. The monoisotopic (exact) mass is 631 g/mol. The molecule has 0 fully saturated rings. The molecule has 0 spiro atoms. The molecule has 0 saturated heterocycles. The normalized spacial score (nSPS) is 11.9. The zero-order valence-corrected chi connectivity index (χ0v) is 27.0. The molecule has 1 N–H and O–H groups in total. The van der Waals surface area contributed by atoms with Crippen molar-refractivity contribution >= 4 is 39.1 Å². The molecule has 44 heavy (non-hydrogen) atoms. The molecular formula is C35H38ClN3O4S. The van der Waals surface area contributed by atoms with E-state index < -0.39 is 28.5 Å². The molecular weight excluding hydrogens is 594 g/mol. The maximum absolute atomic E-state index is 14.4. The number of carbonyl (C=O) groups excluding carboxylic acids is 2. The van der Waals surface area contributed by atoms with E-state index in [1.54, 1.807) is 30.3 Å². The second kappa shape index (κ2) is 14.6. The molecule has 0 saturated carbocycles. The molecule has 4 aromatic carbocycles. The summed E-state index contributed by atoms with van der Waals surface area (Å²) in [6.45, 7) is 7.44. The molecule has 0 aliphatic heterocycles. The molecule has 2 amide bonds. The molecule has 0 aliphatic carbocycles. The molecule has 9 heteroatoms. The Kier molecular flexibility index (Phi) is 10.8. The van der Waals surface area contributed by atoms with E-state index in [9.17, 15) is 18.0 Å². The van der Waals surface area contributed by atoms with Crippen LogP contribution >= 0.6 is 11.6 Å². The standard InChI is InChI=1S/C35H38ClN3O4S/c1-5-37-35(41)33(21-28-9-7-6-8-10-28)38(23-29-16-11-25(2)12-17-29)34(40)24-39(30-18-15-27(4)32(36)22-30)44(42,43)31-19-13-26(3)14-20-31/h6-20,22,33H,5,21,23-24H2,1-4H3,(H,37,41)/t33-/m0/s1. The van der Waals surface area contributed by atoms with E-state index >= 15 is 0 Å². The van der Waals surface area contributed by atoms with Crippen LogP contribution in [0, 0.1) is 20.8 Å². The van der Waals surface area contributed by atoms with Gasteiger partial charge in [-0.3, -0.25) is 13.9 Å². The van der Waals surface area contributed by atoms with Crippen molar-refractivity contribution < 1.29 is 18.0 Å². The predicted octanol–water partition coefficient (Wildman–Crippen LogP) is 6.24. The first-order valence-electron chi connectivity index (χ1n) is 14.5. The molecule has 0 bridgehead atoms. The van der Waals surface area contributed by atoms with Crippen LogP contribution in [-0.2, 0) is 32.6 Å². The first-order valence-corrected chi connectivity index (χ1v) is 16.3. The zero-order valence-electron chi connectivity index (χ0n) is 25.5. The Morgan fingerprint density at radius 3 is 2.02 bits per heavy atom. The second-order valence-corrected chi connectivity index (χ2v) is 13.1. The number of nitrogens with zero attached hydrogens (tertiary/aromatic N) is 2. The Bertz CT molecular complexity index is 1690. The predicted molar refractivity (Wildman–Crippen MR) is 176 cm³/mol. The number of likely N-dealkylation sites (N-methyl/N-ethyl adjacent to an activating group) is 1. The SMILES string of the molecule is CCNC(=O)[C@H](Cc1ccccc1)N(Cc1ccc(C)cc1)C(=O)CN(c1ccc(C)c(Cl)c1)S(=O)(=O)c1ccc(C)cc1. The van der Waals surface area contributed by atoms with Crippen LogP contribution in [0.15, 0.2) is 102 Å². The molecule has 7 nitrogen and oxygen atoms in total. The maximum atomic E-state index is 14.4.